The molecule has 26 heavy (non-hydrogen) atoms. The number of esters is 1. The van der Waals surface area contributed by atoms with Gasteiger partial charge in [-0.1, -0.05) is 6.07 Å². The van der Waals surface area contributed by atoms with Gasteiger partial charge in [0.25, 0.3) is 0 Å². The van der Waals surface area contributed by atoms with E-state index in [1.807, 2.05) is 0 Å². The molecule has 4 atom stereocenters. The zero-order chi connectivity index (χ0) is 19.5. The molecule has 1 aliphatic carbocycles. The van der Waals surface area contributed by atoms with Crippen molar-refractivity contribution in [1.82, 2.24) is 0 Å². The highest BCUT2D eigenvalue weighted by molar-refractivity contribution is 5.87. The van der Waals surface area contributed by atoms with Gasteiger partial charge in [0, 0.05) is 26.0 Å². The monoisotopic (exact) mass is 368 g/mol. The lowest BCUT2D eigenvalue weighted by molar-refractivity contribution is -0.201. The van der Waals surface area contributed by atoms with Crippen LogP contribution in [-0.4, -0.2) is 68.5 Å². The molecule has 0 saturated heterocycles. The number of aliphatic hydroxyl groups excluding tert-OH is 2. The van der Waals surface area contributed by atoms with E-state index in [2.05, 4.69) is 0 Å². The number of methoxy groups -OCH3 is 1. The van der Waals surface area contributed by atoms with Crippen LogP contribution in [0.15, 0.2) is 24.3 Å². The van der Waals surface area contributed by atoms with E-state index >= 15 is 0 Å². The molecule has 0 heterocycles. The van der Waals surface area contributed by atoms with Crippen LogP contribution in [0.5, 0.6) is 11.5 Å². The summed E-state index contributed by atoms with van der Waals surface area (Å²) in [5, 5.41) is 47.8. The van der Waals surface area contributed by atoms with Crippen molar-refractivity contribution in [3.05, 3.63) is 29.8 Å². The molecule has 2 rings (SSSR count). The predicted molar refractivity (Wildman–Crippen MR) is 87.3 cm³/mol. The highest BCUT2D eigenvalue weighted by Crippen LogP contribution is 2.34. The largest absolute Gasteiger partial charge is 0.504 e. The lowest BCUT2D eigenvalue weighted by Crippen LogP contribution is -2.57. The molecule has 0 spiro atoms. The van der Waals surface area contributed by atoms with Crippen molar-refractivity contribution in [2.45, 2.75) is 36.8 Å². The fourth-order valence-corrected chi connectivity index (χ4v) is 2.77. The zero-order valence-electron chi connectivity index (χ0n) is 13.9. The van der Waals surface area contributed by atoms with Gasteiger partial charge in [-0.05, 0) is 23.8 Å². The summed E-state index contributed by atoms with van der Waals surface area (Å²) in [6.07, 6.45) is -2.51. The number of carboxylic acid groups (broad SMARTS) is 1. The molecule has 0 bridgehead atoms. The summed E-state index contributed by atoms with van der Waals surface area (Å²) < 4.78 is 10.1. The number of carboxylic acids is 1. The summed E-state index contributed by atoms with van der Waals surface area (Å²) in [6, 6.07) is 3.90. The van der Waals surface area contributed by atoms with Crippen molar-refractivity contribution in [3.63, 3.8) is 0 Å². The molecule has 1 saturated carbocycles. The minimum atomic E-state index is -1.77. The van der Waals surface area contributed by atoms with Crippen LogP contribution in [0.1, 0.15) is 18.4 Å². The van der Waals surface area contributed by atoms with E-state index in [1.54, 1.807) is 0 Å². The SMILES string of the molecule is COC1(C(=O)O)CC(O)C(O)C(OC(=O)C=Cc2ccc(O)c(O)c2)C1. The number of aromatic hydroxyl groups is 2. The molecule has 1 aliphatic rings. The summed E-state index contributed by atoms with van der Waals surface area (Å²) in [6.45, 7) is 0. The number of aliphatic carboxylic acids is 1. The molecule has 142 valence electrons. The molecule has 1 aromatic rings. The second kappa shape index (κ2) is 7.73. The van der Waals surface area contributed by atoms with Crippen LogP contribution >= 0.6 is 0 Å². The number of hydrogen-bond acceptors (Lipinski definition) is 8. The molecule has 9 heteroatoms. The second-order valence-electron chi connectivity index (χ2n) is 6.03. The Morgan fingerprint density at radius 1 is 1.19 bits per heavy atom. The Bertz CT molecular complexity index is 714. The van der Waals surface area contributed by atoms with Gasteiger partial charge >= 0.3 is 11.9 Å². The third-order valence-corrected chi connectivity index (χ3v) is 4.30. The normalized spacial score (nSPS) is 28.8. The molecule has 0 aliphatic heterocycles. The molecule has 1 aromatic carbocycles. The van der Waals surface area contributed by atoms with Crippen molar-refractivity contribution in [3.8, 4) is 11.5 Å². The van der Waals surface area contributed by atoms with E-state index in [4.69, 9.17) is 9.47 Å². The lowest BCUT2D eigenvalue weighted by Gasteiger charge is -2.41. The van der Waals surface area contributed by atoms with Crippen molar-refractivity contribution >= 4 is 18.0 Å². The highest BCUT2D eigenvalue weighted by atomic mass is 16.6. The summed E-state index contributed by atoms with van der Waals surface area (Å²) >= 11 is 0. The first-order valence-electron chi connectivity index (χ1n) is 7.74. The number of rotatable bonds is 5. The third-order valence-electron chi connectivity index (χ3n) is 4.30. The summed E-state index contributed by atoms with van der Waals surface area (Å²) in [4.78, 5) is 23.4. The van der Waals surface area contributed by atoms with Crippen molar-refractivity contribution < 1.29 is 44.6 Å². The van der Waals surface area contributed by atoms with Gasteiger partial charge in [-0.3, -0.25) is 0 Å². The molecule has 4 unspecified atom stereocenters. The van der Waals surface area contributed by atoms with E-state index in [-0.39, 0.29) is 24.3 Å². The van der Waals surface area contributed by atoms with Crippen LogP contribution in [0.4, 0.5) is 0 Å². The van der Waals surface area contributed by atoms with Gasteiger partial charge in [0.2, 0.25) is 0 Å². The summed E-state index contributed by atoms with van der Waals surface area (Å²) in [5.41, 5.74) is -1.37. The minimum absolute atomic E-state index is 0.311. The Morgan fingerprint density at radius 3 is 2.46 bits per heavy atom. The number of phenols is 2. The maximum atomic E-state index is 12.0. The van der Waals surface area contributed by atoms with Crippen molar-refractivity contribution in [2.75, 3.05) is 7.11 Å². The number of phenolic OH excluding ortho intramolecular Hbond substituents is 2. The van der Waals surface area contributed by atoms with Gasteiger partial charge in [-0.2, -0.15) is 0 Å². The number of hydrogen-bond donors (Lipinski definition) is 5. The average molecular weight is 368 g/mol. The molecule has 0 amide bonds. The quantitative estimate of drug-likeness (QED) is 0.275. The van der Waals surface area contributed by atoms with E-state index in [0.717, 1.165) is 13.2 Å². The maximum absolute atomic E-state index is 12.0. The van der Waals surface area contributed by atoms with Gasteiger partial charge in [-0.25, -0.2) is 9.59 Å². The lowest BCUT2D eigenvalue weighted by atomic mass is 9.79. The fourth-order valence-electron chi connectivity index (χ4n) is 2.77. The third kappa shape index (κ3) is 4.13. The first kappa shape index (κ1) is 19.7. The Kier molecular flexibility index (Phi) is 5.86. The standard InChI is InChI=1S/C17H20O9/c1-25-17(16(23)24)7-12(20)15(22)13(8-17)26-14(21)5-3-9-2-4-10(18)11(19)6-9/h2-6,12-13,15,18-20,22H,7-8H2,1H3,(H,23,24). The van der Waals surface area contributed by atoms with Gasteiger partial charge in [0.05, 0.1) is 6.10 Å². The Hall–Kier alpha value is -2.62. The van der Waals surface area contributed by atoms with Crippen molar-refractivity contribution in [2.24, 2.45) is 0 Å². The second-order valence-corrected chi connectivity index (χ2v) is 6.03. The Balaban J connectivity index is 2.09. The highest BCUT2D eigenvalue weighted by Gasteiger charge is 2.51. The maximum Gasteiger partial charge on any atom is 0.336 e. The first-order chi connectivity index (χ1) is 12.2. The smallest absolute Gasteiger partial charge is 0.336 e. The topological polar surface area (TPSA) is 154 Å². The molecule has 5 N–H and O–H groups in total. The van der Waals surface area contributed by atoms with Crippen LogP contribution in [0, 0.1) is 0 Å². The van der Waals surface area contributed by atoms with Crippen molar-refractivity contribution in [1.29, 1.82) is 0 Å². The van der Waals surface area contributed by atoms with E-state index in [0.29, 0.717) is 5.56 Å². The molecule has 9 nitrogen and oxygen atoms in total. The zero-order valence-corrected chi connectivity index (χ0v) is 13.9. The van der Waals surface area contributed by atoms with E-state index in [1.165, 1.54) is 24.3 Å². The van der Waals surface area contributed by atoms with Crippen LogP contribution in [0.3, 0.4) is 0 Å². The number of carbonyl (C=O) groups excluding carboxylic acids is 1. The van der Waals surface area contributed by atoms with Crippen LogP contribution in [0.2, 0.25) is 0 Å². The summed E-state index contributed by atoms with van der Waals surface area (Å²) in [5.74, 6) is -2.89. The minimum Gasteiger partial charge on any atom is -0.504 e. The average Bonchev–Trinajstić information content (AvgIpc) is 2.59. The van der Waals surface area contributed by atoms with Crippen LogP contribution < -0.4 is 0 Å². The van der Waals surface area contributed by atoms with Crippen LogP contribution in [0.25, 0.3) is 6.08 Å². The van der Waals surface area contributed by atoms with Gasteiger partial charge in [-0.15, -0.1) is 0 Å². The molecular weight excluding hydrogens is 348 g/mol. The molecule has 1 fully saturated rings. The number of ether oxygens (including phenoxy) is 2. The van der Waals surface area contributed by atoms with Gasteiger partial charge in [0.1, 0.15) is 12.2 Å². The summed E-state index contributed by atoms with van der Waals surface area (Å²) in [7, 11) is 1.16. The molecule has 0 radical (unpaired) electrons. The van der Waals surface area contributed by atoms with E-state index < -0.39 is 35.9 Å². The number of benzene rings is 1. The number of carbonyl (C=O) groups is 2. The van der Waals surface area contributed by atoms with Gasteiger partial charge in [0.15, 0.2) is 17.1 Å². The van der Waals surface area contributed by atoms with Crippen LogP contribution in [-0.2, 0) is 19.1 Å². The number of aliphatic hydroxyl groups is 2. The molecular formula is C17H20O9. The van der Waals surface area contributed by atoms with Gasteiger partial charge < -0.3 is 35.0 Å². The predicted octanol–water partition coefficient (Wildman–Crippen LogP) is 0.00820. The Morgan fingerprint density at radius 2 is 1.88 bits per heavy atom. The Labute approximate surface area is 148 Å². The fraction of sp³-hybridized carbons (Fsp3) is 0.412. The first-order valence-corrected chi connectivity index (χ1v) is 7.74. The molecule has 0 aromatic heterocycles. The van der Waals surface area contributed by atoms with E-state index in [9.17, 15) is 35.1 Å².